The Bertz CT molecular complexity index is 527. The lowest BCUT2D eigenvalue weighted by Gasteiger charge is -2.35. The van der Waals surface area contributed by atoms with E-state index >= 15 is 0 Å². The highest BCUT2D eigenvalue weighted by molar-refractivity contribution is 6.18. The van der Waals surface area contributed by atoms with E-state index in [2.05, 4.69) is 5.32 Å². The van der Waals surface area contributed by atoms with Crippen LogP contribution >= 0.6 is 11.6 Å². The second kappa shape index (κ2) is 6.89. The molecule has 6 heteroatoms. The summed E-state index contributed by atoms with van der Waals surface area (Å²) < 4.78 is 0. The van der Waals surface area contributed by atoms with Crippen LogP contribution in [0.1, 0.15) is 42.5 Å². The van der Waals surface area contributed by atoms with E-state index in [1.807, 2.05) is 0 Å². The maximum absolute atomic E-state index is 12.2. The fourth-order valence-electron chi connectivity index (χ4n) is 2.85. The van der Waals surface area contributed by atoms with Gasteiger partial charge in [0.05, 0.1) is 4.92 Å². The lowest BCUT2D eigenvalue weighted by Crippen LogP contribution is -2.40. The number of carbonyl (C=O) groups excluding carboxylic acids is 1. The van der Waals surface area contributed by atoms with Crippen LogP contribution in [0.5, 0.6) is 0 Å². The number of rotatable bonds is 5. The number of alkyl halides is 1. The Morgan fingerprint density at radius 1 is 1.29 bits per heavy atom. The van der Waals surface area contributed by atoms with Crippen molar-refractivity contribution in [3.05, 3.63) is 39.9 Å². The Hall–Kier alpha value is -1.62. The van der Waals surface area contributed by atoms with Crippen LogP contribution in [0, 0.1) is 15.5 Å². The molecule has 1 aliphatic carbocycles. The van der Waals surface area contributed by atoms with Gasteiger partial charge in [0.15, 0.2) is 0 Å². The first-order valence-electron chi connectivity index (χ1n) is 7.16. The maximum Gasteiger partial charge on any atom is 0.282 e. The van der Waals surface area contributed by atoms with Crippen molar-refractivity contribution >= 4 is 23.2 Å². The van der Waals surface area contributed by atoms with Gasteiger partial charge in [0.2, 0.25) is 0 Å². The van der Waals surface area contributed by atoms with Crippen molar-refractivity contribution in [2.75, 3.05) is 12.4 Å². The molecule has 1 amide bonds. The smallest absolute Gasteiger partial charge is 0.282 e. The molecular formula is C15H19ClN2O3. The summed E-state index contributed by atoms with van der Waals surface area (Å²) in [5.41, 5.74) is -0.138. The van der Waals surface area contributed by atoms with Gasteiger partial charge in [-0.05, 0) is 18.9 Å². The van der Waals surface area contributed by atoms with Gasteiger partial charge in [-0.2, -0.15) is 0 Å². The van der Waals surface area contributed by atoms with Crippen LogP contribution in [0.4, 0.5) is 5.69 Å². The van der Waals surface area contributed by atoms with E-state index in [4.69, 9.17) is 11.6 Å². The van der Waals surface area contributed by atoms with E-state index in [9.17, 15) is 14.9 Å². The zero-order valence-corrected chi connectivity index (χ0v) is 12.6. The van der Waals surface area contributed by atoms with Gasteiger partial charge >= 0.3 is 0 Å². The van der Waals surface area contributed by atoms with E-state index in [1.54, 1.807) is 12.1 Å². The normalized spacial score (nSPS) is 17.2. The molecule has 1 fully saturated rings. The number of hydrogen-bond donors (Lipinski definition) is 1. The second-order valence-corrected chi connectivity index (χ2v) is 5.92. The molecule has 5 nitrogen and oxygen atoms in total. The molecular weight excluding hydrogens is 292 g/mol. The highest BCUT2D eigenvalue weighted by Crippen LogP contribution is 2.36. The highest BCUT2D eigenvalue weighted by atomic mass is 35.5. The number of nitro groups is 1. The fraction of sp³-hybridized carbons (Fsp3) is 0.533. The number of para-hydroxylation sites is 1. The molecule has 1 aromatic rings. The zero-order chi connectivity index (χ0) is 15.3. The maximum atomic E-state index is 12.2. The minimum absolute atomic E-state index is 0.0704. The summed E-state index contributed by atoms with van der Waals surface area (Å²) in [7, 11) is 0. The first kappa shape index (κ1) is 15.8. The minimum atomic E-state index is -0.535. The summed E-state index contributed by atoms with van der Waals surface area (Å²) in [5.74, 6) is 0.0989. The molecule has 0 radical (unpaired) electrons. The van der Waals surface area contributed by atoms with E-state index in [-0.39, 0.29) is 16.7 Å². The Morgan fingerprint density at radius 2 is 1.95 bits per heavy atom. The molecule has 1 aromatic carbocycles. The van der Waals surface area contributed by atoms with Crippen LogP contribution in [0.3, 0.4) is 0 Å². The van der Waals surface area contributed by atoms with Crippen molar-refractivity contribution in [1.82, 2.24) is 5.32 Å². The number of hydrogen-bond acceptors (Lipinski definition) is 3. The van der Waals surface area contributed by atoms with Crippen LogP contribution in [-0.4, -0.2) is 23.3 Å². The van der Waals surface area contributed by atoms with Gasteiger partial charge in [0.25, 0.3) is 11.6 Å². The van der Waals surface area contributed by atoms with Crippen molar-refractivity contribution in [3.8, 4) is 0 Å². The molecule has 0 heterocycles. The molecule has 1 saturated carbocycles. The quantitative estimate of drug-likeness (QED) is 0.514. The largest absolute Gasteiger partial charge is 0.351 e. The predicted molar refractivity (Wildman–Crippen MR) is 81.7 cm³/mol. The standard InChI is InChI=1S/C15H19ClN2O3/c16-10-15(8-4-1-5-9-15)11-17-14(19)12-6-2-3-7-13(12)18(20)21/h2-3,6-7H,1,4-5,8-11H2,(H,17,19). The number of amides is 1. The topological polar surface area (TPSA) is 72.2 Å². The molecule has 0 aromatic heterocycles. The molecule has 21 heavy (non-hydrogen) atoms. The van der Waals surface area contributed by atoms with Gasteiger partial charge in [-0.15, -0.1) is 11.6 Å². The number of benzene rings is 1. The summed E-state index contributed by atoms with van der Waals surface area (Å²) in [6.07, 6.45) is 5.43. The molecule has 1 N–H and O–H groups in total. The lowest BCUT2D eigenvalue weighted by atomic mass is 9.75. The fourth-order valence-corrected chi connectivity index (χ4v) is 3.21. The molecule has 0 spiro atoms. The van der Waals surface area contributed by atoms with E-state index in [0.29, 0.717) is 12.4 Å². The monoisotopic (exact) mass is 310 g/mol. The van der Waals surface area contributed by atoms with E-state index in [1.165, 1.54) is 18.6 Å². The summed E-state index contributed by atoms with van der Waals surface area (Å²) in [5, 5.41) is 13.8. The number of nitrogens with zero attached hydrogens (tertiary/aromatic N) is 1. The van der Waals surface area contributed by atoms with Gasteiger partial charge < -0.3 is 5.32 Å². The minimum Gasteiger partial charge on any atom is -0.351 e. The van der Waals surface area contributed by atoms with Crippen molar-refractivity contribution in [2.24, 2.45) is 5.41 Å². The Labute approximate surface area is 128 Å². The van der Waals surface area contributed by atoms with Crippen LogP contribution in [0.2, 0.25) is 0 Å². The van der Waals surface area contributed by atoms with Crippen LogP contribution in [-0.2, 0) is 0 Å². The highest BCUT2D eigenvalue weighted by Gasteiger charge is 2.32. The average molecular weight is 311 g/mol. The van der Waals surface area contributed by atoms with E-state index in [0.717, 1.165) is 25.7 Å². The number of halogens is 1. The van der Waals surface area contributed by atoms with Gasteiger partial charge in [-0.3, -0.25) is 14.9 Å². The van der Waals surface area contributed by atoms with Gasteiger partial charge in [-0.1, -0.05) is 31.4 Å². The van der Waals surface area contributed by atoms with Crippen LogP contribution < -0.4 is 5.32 Å². The SMILES string of the molecule is O=C(NCC1(CCl)CCCCC1)c1ccccc1[N+](=O)[O-]. The predicted octanol–water partition coefficient (Wildman–Crippen LogP) is 3.51. The Balaban J connectivity index is 2.06. The molecule has 0 unspecified atom stereocenters. The molecule has 114 valence electrons. The van der Waals surface area contributed by atoms with Crippen molar-refractivity contribution in [2.45, 2.75) is 32.1 Å². The third kappa shape index (κ3) is 3.73. The van der Waals surface area contributed by atoms with Crippen LogP contribution in [0.25, 0.3) is 0 Å². The Kier molecular flexibility index (Phi) is 5.17. The molecule has 0 aliphatic heterocycles. The van der Waals surface area contributed by atoms with Gasteiger partial charge in [-0.25, -0.2) is 0 Å². The van der Waals surface area contributed by atoms with Crippen molar-refractivity contribution < 1.29 is 9.72 Å². The van der Waals surface area contributed by atoms with Crippen LogP contribution in [0.15, 0.2) is 24.3 Å². The summed E-state index contributed by atoms with van der Waals surface area (Å²) in [6.45, 7) is 0.474. The first-order valence-corrected chi connectivity index (χ1v) is 7.69. The molecule has 0 bridgehead atoms. The van der Waals surface area contributed by atoms with Gasteiger partial charge in [0, 0.05) is 23.9 Å². The summed E-state index contributed by atoms with van der Waals surface area (Å²) >= 11 is 6.09. The number of nitrogens with one attached hydrogen (secondary N) is 1. The summed E-state index contributed by atoms with van der Waals surface area (Å²) in [4.78, 5) is 22.6. The van der Waals surface area contributed by atoms with Crippen molar-refractivity contribution in [3.63, 3.8) is 0 Å². The zero-order valence-electron chi connectivity index (χ0n) is 11.8. The van der Waals surface area contributed by atoms with Gasteiger partial charge in [0.1, 0.15) is 5.56 Å². The number of nitro benzene ring substituents is 1. The lowest BCUT2D eigenvalue weighted by molar-refractivity contribution is -0.385. The third-order valence-corrected chi connectivity index (χ3v) is 4.73. The second-order valence-electron chi connectivity index (χ2n) is 5.65. The average Bonchev–Trinajstić information content (AvgIpc) is 2.53. The van der Waals surface area contributed by atoms with Crippen molar-refractivity contribution in [1.29, 1.82) is 0 Å². The molecule has 2 rings (SSSR count). The first-order chi connectivity index (χ1) is 10.1. The molecule has 1 aliphatic rings. The van der Waals surface area contributed by atoms with E-state index < -0.39 is 10.8 Å². The molecule has 0 saturated heterocycles. The Morgan fingerprint density at radius 3 is 2.57 bits per heavy atom. The summed E-state index contributed by atoms with van der Waals surface area (Å²) in [6, 6.07) is 5.99. The third-order valence-electron chi connectivity index (χ3n) is 4.17. The number of carbonyl (C=O) groups is 1. The molecule has 0 atom stereocenters.